The van der Waals surface area contributed by atoms with Gasteiger partial charge in [-0.05, 0) is 40.5 Å². The maximum Gasteiger partial charge on any atom is 0.249 e. The number of fused-ring (bicyclic) bond motifs is 2. The molecule has 4 nitrogen and oxygen atoms in total. The molecule has 3 aromatic rings. The van der Waals surface area contributed by atoms with E-state index in [9.17, 15) is 4.79 Å². The summed E-state index contributed by atoms with van der Waals surface area (Å²) in [7, 11) is 0. The van der Waals surface area contributed by atoms with Crippen LogP contribution in [0.3, 0.4) is 0 Å². The molecule has 0 saturated carbocycles. The summed E-state index contributed by atoms with van der Waals surface area (Å²) in [5, 5.41) is 4.32. The molecule has 4 heteroatoms. The Kier molecular flexibility index (Phi) is 2.44. The smallest absolute Gasteiger partial charge is 0.249 e. The highest BCUT2D eigenvalue weighted by atomic mass is 16.1. The largest absolute Gasteiger partial charge is 0.309 e. The second-order valence-electron chi connectivity index (χ2n) is 5.03. The quantitative estimate of drug-likeness (QED) is 0.707. The van der Waals surface area contributed by atoms with Gasteiger partial charge >= 0.3 is 0 Å². The molecule has 2 aromatic heterocycles. The van der Waals surface area contributed by atoms with Gasteiger partial charge in [-0.2, -0.15) is 0 Å². The Labute approximate surface area is 115 Å². The lowest BCUT2D eigenvalue weighted by atomic mass is 9.99. The molecule has 0 aliphatic carbocycles. The molecule has 0 unspecified atom stereocenters. The van der Waals surface area contributed by atoms with Crippen LogP contribution in [0.1, 0.15) is 11.1 Å². The van der Waals surface area contributed by atoms with E-state index in [-0.39, 0.29) is 5.56 Å². The lowest BCUT2D eigenvalue weighted by molar-refractivity contribution is 0.765. The second-order valence-corrected chi connectivity index (χ2v) is 5.03. The topological polar surface area (TPSA) is 57.8 Å². The fourth-order valence-electron chi connectivity index (χ4n) is 2.77. The third-order valence-corrected chi connectivity index (χ3v) is 3.78. The van der Waals surface area contributed by atoms with Crippen LogP contribution in [-0.2, 0) is 13.1 Å². The minimum atomic E-state index is -0.125. The Morgan fingerprint density at radius 3 is 2.85 bits per heavy atom. The van der Waals surface area contributed by atoms with Crippen LogP contribution in [0, 0.1) is 0 Å². The van der Waals surface area contributed by atoms with Gasteiger partial charge in [0, 0.05) is 30.7 Å². The minimum Gasteiger partial charge on any atom is -0.309 e. The average Bonchev–Trinajstić information content (AvgIpc) is 2.93. The van der Waals surface area contributed by atoms with Gasteiger partial charge in [0.15, 0.2) is 0 Å². The van der Waals surface area contributed by atoms with Gasteiger partial charge in [0.05, 0.1) is 0 Å². The molecule has 0 amide bonds. The number of aromatic amines is 1. The zero-order chi connectivity index (χ0) is 13.5. The molecule has 1 aliphatic rings. The fourth-order valence-corrected chi connectivity index (χ4v) is 2.77. The van der Waals surface area contributed by atoms with Crippen LogP contribution in [0.5, 0.6) is 0 Å². The molecule has 1 aliphatic heterocycles. The van der Waals surface area contributed by atoms with E-state index >= 15 is 0 Å². The molecule has 1 aromatic carbocycles. The number of hydrogen-bond donors (Lipinski definition) is 2. The Balaban J connectivity index is 1.96. The summed E-state index contributed by atoms with van der Waals surface area (Å²) in [6, 6.07) is 11.9. The molecule has 0 saturated heterocycles. The number of nitrogens with zero attached hydrogens (tertiary/aromatic N) is 1. The summed E-state index contributed by atoms with van der Waals surface area (Å²) >= 11 is 0. The Hall–Kier alpha value is -2.46. The lowest BCUT2D eigenvalue weighted by Gasteiger charge is -2.07. The molecule has 0 bridgehead atoms. The molecule has 0 radical (unpaired) electrons. The van der Waals surface area contributed by atoms with Crippen molar-refractivity contribution in [2.75, 3.05) is 0 Å². The average molecular weight is 263 g/mol. The van der Waals surface area contributed by atoms with Gasteiger partial charge in [-0.1, -0.05) is 12.1 Å². The monoisotopic (exact) mass is 263 g/mol. The van der Waals surface area contributed by atoms with Crippen LogP contribution in [0.2, 0.25) is 0 Å². The first-order valence-corrected chi connectivity index (χ1v) is 6.62. The Morgan fingerprint density at radius 1 is 1.00 bits per heavy atom. The summed E-state index contributed by atoms with van der Waals surface area (Å²) < 4.78 is 0. The van der Waals surface area contributed by atoms with E-state index in [1.54, 1.807) is 12.3 Å². The van der Waals surface area contributed by atoms with Gasteiger partial charge < -0.3 is 10.3 Å². The van der Waals surface area contributed by atoms with Crippen molar-refractivity contribution in [3.05, 3.63) is 64.1 Å². The Bertz CT molecular complexity index is 867. The van der Waals surface area contributed by atoms with E-state index in [2.05, 4.69) is 33.5 Å². The fraction of sp³-hybridized carbons (Fsp3) is 0.125. The predicted molar refractivity (Wildman–Crippen MR) is 78.3 cm³/mol. The SMILES string of the molecule is O=c1ccc2c(-c3ccc4c(c3)CNC4)ccnc2[nH]1. The normalized spacial score (nSPS) is 13.6. The second kappa shape index (κ2) is 4.28. The van der Waals surface area contributed by atoms with Crippen molar-refractivity contribution in [2.45, 2.75) is 13.1 Å². The maximum absolute atomic E-state index is 11.4. The summed E-state index contributed by atoms with van der Waals surface area (Å²) in [6.07, 6.45) is 1.74. The van der Waals surface area contributed by atoms with E-state index in [1.807, 2.05) is 12.1 Å². The molecule has 0 fully saturated rings. The van der Waals surface area contributed by atoms with Gasteiger partial charge in [0.1, 0.15) is 5.65 Å². The van der Waals surface area contributed by atoms with Crippen LogP contribution in [0.25, 0.3) is 22.2 Å². The molecule has 20 heavy (non-hydrogen) atoms. The molecule has 0 atom stereocenters. The number of hydrogen-bond acceptors (Lipinski definition) is 3. The van der Waals surface area contributed by atoms with Gasteiger partial charge in [-0.15, -0.1) is 0 Å². The van der Waals surface area contributed by atoms with Crippen molar-refractivity contribution in [3.63, 3.8) is 0 Å². The number of nitrogens with one attached hydrogen (secondary N) is 2. The zero-order valence-corrected chi connectivity index (χ0v) is 10.8. The predicted octanol–water partition coefficient (Wildman–Crippen LogP) is 2.19. The van der Waals surface area contributed by atoms with Gasteiger partial charge in [0.2, 0.25) is 5.56 Å². The number of rotatable bonds is 1. The van der Waals surface area contributed by atoms with E-state index in [0.717, 1.165) is 29.6 Å². The van der Waals surface area contributed by atoms with Crippen LogP contribution >= 0.6 is 0 Å². The third kappa shape index (κ3) is 1.73. The zero-order valence-electron chi connectivity index (χ0n) is 10.8. The summed E-state index contributed by atoms with van der Waals surface area (Å²) in [5.74, 6) is 0. The first-order valence-electron chi connectivity index (χ1n) is 6.62. The molecular formula is C16H13N3O. The third-order valence-electron chi connectivity index (χ3n) is 3.78. The van der Waals surface area contributed by atoms with Gasteiger partial charge in [-0.3, -0.25) is 4.79 Å². The minimum absolute atomic E-state index is 0.125. The van der Waals surface area contributed by atoms with Gasteiger partial charge in [0.25, 0.3) is 0 Å². The molecule has 3 heterocycles. The highest BCUT2D eigenvalue weighted by molar-refractivity contribution is 5.92. The van der Waals surface area contributed by atoms with Crippen LogP contribution in [-0.4, -0.2) is 9.97 Å². The van der Waals surface area contributed by atoms with E-state index in [1.165, 1.54) is 11.1 Å². The molecular weight excluding hydrogens is 250 g/mol. The van der Waals surface area contributed by atoms with E-state index < -0.39 is 0 Å². The van der Waals surface area contributed by atoms with Crippen LogP contribution < -0.4 is 10.9 Å². The van der Waals surface area contributed by atoms with Crippen molar-refractivity contribution in [1.29, 1.82) is 0 Å². The highest BCUT2D eigenvalue weighted by Gasteiger charge is 2.12. The van der Waals surface area contributed by atoms with Crippen molar-refractivity contribution >= 4 is 11.0 Å². The van der Waals surface area contributed by atoms with Crippen molar-refractivity contribution in [3.8, 4) is 11.1 Å². The first kappa shape index (κ1) is 11.4. The van der Waals surface area contributed by atoms with Crippen molar-refractivity contribution in [1.82, 2.24) is 15.3 Å². The number of benzene rings is 1. The number of pyridine rings is 2. The number of H-pyrrole nitrogens is 1. The van der Waals surface area contributed by atoms with Crippen molar-refractivity contribution in [2.24, 2.45) is 0 Å². The van der Waals surface area contributed by atoms with E-state index in [0.29, 0.717) is 5.65 Å². The summed E-state index contributed by atoms with van der Waals surface area (Å²) in [5.41, 5.74) is 5.47. The molecule has 0 spiro atoms. The Morgan fingerprint density at radius 2 is 1.90 bits per heavy atom. The first-order chi connectivity index (χ1) is 9.81. The van der Waals surface area contributed by atoms with E-state index in [4.69, 9.17) is 0 Å². The molecule has 2 N–H and O–H groups in total. The molecule has 4 rings (SSSR count). The highest BCUT2D eigenvalue weighted by Crippen LogP contribution is 2.29. The maximum atomic E-state index is 11.4. The standard InChI is InChI=1S/C16H13N3O/c20-15-4-3-14-13(5-6-18-16(14)19-15)10-1-2-11-8-17-9-12(11)7-10/h1-7,17H,8-9H2,(H,18,19,20). The molecule has 98 valence electrons. The lowest BCUT2D eigenvalue weighted by Crippen LogP contribution is -2.03. The summed E-state index contributed by atoms with van der Waals surface area (Å²) in [4.78, 5) is 18.4. The van der Waals surface area contributed by atoms with Crippen molar-refractivity contribution < 1.29 is 0 Å². The summed E-state index contributed by atoms with van der Waals surface area (Å²) in [6.45, 7) is 1.86. The van der Waals surface area contributed by atoms with Crippen LogP contribution in [0.15, 0.2) is 47.4 Å². The van der Waals surface area contributed by atoms with Gasteiger partial charge in [-0.25, -0.2) is 4.98 Å². The van der Waals surface area contributed by atoms with Crippen LogP contribution in [0.4, 0.5) is 0 Å². The number of aromatic nitrogens is 2.